The van der Waals surface area contributed by atoms with Gasteiger partial charge in [-0.3, -0.25) is 4.79 Å². The molecule has 1 fully saturated rings. The fourth-order valence-electron chi connectivity index (χ4n) is 3.27. The number of nitrogens with zero attached hydrogens (tertiary/aromatic N) is 3. The lowest BCUT2D eigenvalue weighted by atomic mass is 10.0. The zero-order valence-corrected chi connectivity index (χ0v) is 15.9. The molecule has 2 aliphatic heterocycles. The van der Waals surface area contributed by atoms with Crippen molar-refractivity contribution >= 4 is 27.7 Å². The van der Waals surface area contributed by atoms with Gasteiger partial charge in [0.1, 0.15) is 10.9 Å². The van der Waals surface area contributed by atoms with Crippen molar-refractivity contribution in [3.05, 3.63) is 29.8 Å². The van der Waals surface area contributed by atoms with Crippen molar-refractivity contribution in [2.45, 2.75) is 36.6 Å². The van der Waals surface area contributed by atoms with E-state index in [2.05, 4.69) is 9.71 Å². The molecule has 0 spiro atoms. The number of ether oxygens (including phenoxy) is 1. The molecule has 1 amide bonds. The number of nitrogens with one attached hydrogen (secondary N) is 1. The Kier molecular flexibility index (Phi) is 5.94. The maximum Gasteiger partial charge on any atom is 0.329 e. The van der Waals surface area contributed by atoms with E-state index in [0.29, 0.717) is 18.5 Å². The van der Waals surface area contributed by atoms with Gasteiger partial charge in [0, 0.05) is 18.7 Å². The quantitative estimate of drug-likeness (QED) is 0.561. The van der Waals surface area contributed by atoms with E-state index in [9.17, 15) is 18.0 Å². The average molecular weight is 404 g/mol. The molecule has 0 radical (unpaired) electrons. The average Bonchev–Trinajstić information content (AvgIpc) is 2.97. The van der Waals surface area contributed by atoms with Crippen LogP contribution in [0.2, 0.25) is 0 Å². The van der Waals surface area contributed by atoms with Gasteiger partial charge in [-0.05, 0) is 31.4 Å². The number of carbonyl (C=O) groups is 2. The number of fused-ring (bicyclic) bond motifs is 1. The molecule has 0 unspecified atom stereocenters. The van der Waals surface area contributed by atoms with Crippen LogP contribution in [0.5, 0.6) is 0 Å². The summed E-state index contributed by atoms with van der Waals surface area (Å²) in [7, 11) is -3.79. The number of nitriles is 1. The summed E-state index contributed by atoms with van der Waals surface area (Å²) in [6.45, 7) is 0.209. The van der Waals surface area contributed by atoms with Crippen LogP contribution in [0.4, 0.5) is 0 Å². The first kappa shape index (κ1) is 19.8. The van der Waals surface area contributed by atoms with E-state index in [1.54, 1.807) is 23.1 Å². The van der Waals surface area contributed by atoms with Crippen molar-refractivity contribution in [1.82, 2.24) is 10.2 Å². The van der Waals surface area contributed by atoms with Crippen molar-refractivity contribution in [2.24, 2.45) is 4.40 Å². The molecule has 1 saturated heterocycles. The second-order valence-corrected chi connectivity index (χ2v) is 8.03. The highest BCUT2D eigenvalue weighted by Gasteiger charge is 2.38. The lowest BCUT2D eigenvalue weighted by Gasteiger charge is -2.35. The lowest BCUT2D eigenvalue weighted by Crippen LogP contribution is -2.49. The van der Waals surface area contributed by atoms with Gasteiger partial charge < -0.3 is 15.0 Å². The van der Waals surface area contributed by atoms with Crippen LogP contribution >= 0.6 is 0 Å². The number of rotatable bonds is 5. The third-order valence-corrected chi connectivity index (χ3v) is 5.89. The summed E-state index contributed by atoms with van der Waals surface area (Å²) >= 11 is 0. The molecule has 0 aliphatic carbocycles. The maximum absolute atomic E-state index is 12.6. The van der Waals surface area contributed by atoms with Crippen molar-refractivity contribution in [3.8, 4) is 6.07 Å². The van der Waals surface area contributed by atoms with E-state index in [1.165, 1.54) is 6.07 Å². The molecule has 3 rings (SSSR count). The predicted octanol–water partition coefficient (Wildman–Crippen LogP) is 0.563. The molecule has 28 heavy (non-hydrogen) atoms. The van der Waals surface area contributed by atoms with E-state index >= 15 is 0 Å². The third kappa shape index (κ3) is 4.14. The number of sulfonamides is 1. The molecule has 0 aromatic heterocycles. The van der Waals surface area contributed by atoms with Crippen LogP contribution in [0.1, 0.15) is 31.2 Å². The van der Waals surface area contributed by atoms with Crippen molar-refractivity contribution in [3.63, 3.8) is 0 Å². The zero-order chi connectivity index (χ0) is 20.1. The van der Waals surface area contributed by atoms with Crippen LogP contribution < -0.4 is 5.32 Å². The second-order valence-electron chi connectivity index (χ2n) is 6.46. The van der Waals surface area contributed by atoms with Gasteiger partial charge in [0.25, 0.3) is 15.9 Å². The first-order valence-electron chi connectivity index (χ1n) is 8.95. The zero-order valence-electron chi connectivity index (χ0n) is 15.1. The highest BCUT2D eigenvalue weighted by atomic mass is 32.2. The summed E-state index contributed by atoms with van der Waals surface area (Å²) in [4.78, 5) is 26.0. The minimum atomic E-state index is -3.79. The summed E-state index contributed by atoms with van der Waals surface area (Å²) in [5.41, 5.74) is 0.469. The maximum atomic E-state index is 12.6. The SMILES string of the molecule is N#CCCNC(=O)COC(=O)[C@H]1CCCCN1C1=NS(=O)(=O)c2ccccc21. The molecule has 2 heterocycles. The molecular formula is C18H20N4O5S. The number of hydrogen-bond donors (Lipinski definition) is 1. The van der Waals surface area contributed by atoms with Crippen LogP contribution in [0.15, 0.2) is 33.6 Å². The lowest BCUT2D eigenvalue weighted by molar-refractivity contribution is -0.153. The molecule has 9 nitrogen and oxygen atoms in total. The Labute approximate surface area is 163 Å². The standard InChI is InChI=1S/C18H20N4O5S/c19-9-5-10-20-16(23)12-27-18(24)14-7-3-4-11-22(14)17-13-6-1-2-8-15(13)28(25,26)21-17/h1-2,6,8,14H,3-5,7,10-12H2,(H,20,23)/t14-/m1/s1. The van der Waals surface area contributed by atoms with E-state index < -0.39 is 34.5 Å². The molecule has 0 bridgehead atoms. The monoisotopic (exact) mass is 404 g/mol. The first-order valence-corrected chi connectivity index (χ1v) is 10.4. The highest BCUT2D eigenvalue weighted by molar-refractivity contribution is 7.90. The largest absolute Gasteiger partial charge is 0.454 e. The molecular weight excluding hydrogens is 384 g/mol. The van der Waals surface area contributed by atoms with Gasteiger partial charge in [0.05, 0.1) is 12.5 Å². The Bertz CT molecular complexity index is 951. The Morgan fingerprint density at radius 2 is 2.11 bits per heavy atom. The van der Waals surface area contributed by atoms with E-state index in [4.69, 9.17) is 10.00 Å². The summed E-state index contributed by atoms with van der Waals surface area (Å²) in [5, 5.41) is 10.9. The smallest absolute Gasteiger partial charge is 0.329 e. The van der Waals surface area contributed by atoms with Crippen molar-refractivity contribution in [1.29, 1.82) is 5.26 Å². The van der Waals surface area contributed by atoms with Crippen molar-refractivity contribution < 1.29 is 22.7 Å². The topological polar surface area (TPSA) is 129 Å². The van der Waals surface area contributed by atoms with Gasteiger partial charge in [-0.25, -0.2) is 4.79 Å². The number of amides is 1. The van der Waals surface area contributed by atoms with E-state index in [0.717, 1.165) is 12.8 Å². The number of carbonyl (C=O) groups excluding carboxylic acids is 2. The van der Waals surface area contributed by atoms with Gasteiger partial charge >= 0.3 is 5.97 Å². The fraction of sp³-hybridized carbons (Fsp3) is 0.444. The minimum Gasteiger partial charge on any atom is -0.454 e. The molecule has 1 aromatic rings. The second kappa shape index (κ2) is 8.39. The van der Waals surface area contributed by atoms with Crippen LogP contribution in [-0.2, 0) is 24.3 Å². The number of amidine groups is 1. The number of hydrogen-bond acceptors (Lipinski definition) is 7. The van der Waals surface area contributed by atoms with Crippen LogP contribution in [0.25, 0.3) is 0 Å². The summed E-state index contributed by atoms with van der Waals surface area (Å²) in [6, 6.07) is 7.69. The van der Waals surface area contributed by atoms with Gasteiger partial charge in [-0.1, -0.05) is 12.1 Å². The Morgan fingerprint density at radius 1 is 1.32 bits per heavy atom. The van der Waals surface area contributed by atoms with Crippen LogP contribution in [0, 0.1) is 11.3 Å². The molecule has 148 valence electrons. The molecule has 0 saturated carbocycles. The van der Waals surface area contributed by atoms with Crippen molar-refractivity contribution in [2.75, 3.05) is 19.7 Å². The molecule has 1 atom stereocenters. The Hall–Kier alpha value is -2.93. The summed E-state index contributed by atoms with van der Waals surface area (Å²) < 4.78 is 33.6. The Balaban J connectivity index is 1.72. The minimum absolute atomic E-state index is 0.125. The highest BCUT2D eigenvalue weighted by Crippen LogP contribution is 2.30. The number of piperidine rings is 1. The van der Waals surface area contributed by atoms with E-state index in [-0.39, 0.29) is 23.7 Å². The van der Waals surface area contributed by atoms with Gasteiger partial charge in [0.15, 0.2) is 12.4 Å². The first-order chi connectivity index (χ1) is 13.4. The third-order valence-electron chi connectivity index (χ3n) is 4.56. The summed E-state index contributed by atoms with van der Waals surface area (Å²) in [6.07, 6.45) is 2.23. The van der Waals surface area contributed by atoms with Crippen LogP contribution in [-0.4, -0.2) is 56.8 Å². The predicted molar refractivity (Wildman–Crippen MR) is 98.7 cm³/mol. The molecule has 2 aliphatic rings. The number of likely N-dealkylation sites (tertiary alicyclic amines) is 1. The number of esters is 1. The van der Waals surface area contributed by atoms with Gasteiger partial charge in [-0.2, -0.15) is 13.7 Å². The molecule has 1 N–H and O–H groups in total. The normalized spacial score (nSPS) is 19.9. The summed E-state index contributed by atoms with van der Waals surface area (Å²) in [5.74, 6) is -0.840. The van der Waals surface area contributed by atoms with Gasteiger partial charge in [0.2, 0.25) is 0 Å². The Morgan fingerprint density at radius 3 is 2.89 bits per heavy atom. The van der Waals surface area contributed by atoms with Gasteiger partial charge in [-0.15, -0.1) is 4.40 Å². The molecule has 10 heteroatoms. The fourth-order valence-corrected chi connectivity index (χ4v) is 4.48. The van der Waals surface area contributed by atoms with Crippen LogP contribution in [0.3, 0.4) is 0 Å². The number of benzene rings is 1. The van der Waals surface area contributed by atoms with E-state index in [1.807, 2.05) is 6.07 Å². The molecule has 1 aromatic carbocycles.